The van der Waals surface area contributed by atoms with Crippen LogP contribution in [0.5, 0.6) is 0 Å². The summed E-state index contributed by atoms with van der Waals surface area (Å²) in [5, 5.41) is 3.52. The monoisotopic (exact) mass is 181 g/mol. The van der Waals surface area contributed by atoms with Crippen molar-refractivity contribution in [2.45, 2.75) is 45.7 Å². The Morgan fingerprint density at radius 3 is 2.54 bits per heavy atom. The highest BCUT2D eigenvalue weighted by Crippen LogP contribution is 2.14. The summed E-state index contributed by atoms with van der Waals surface area (Å²) < 4.78 is 5.32. The van der Waals surface area contributed by atoms with Gasteiger partial charge >= 0.3 is 0 Å². The van der Waals surface area contributed by atoms with Crippen molar-refractivity contribution >= 4 is 0 Å². The van der Waals surface area contributed by atoms with Gasteiger partial charge in [-0.3, -0.25) is 0 Å². The Morgan fingerprint density at radius 2 is 2.08 bits per heavy atom. The van der Waals surface area contributed by atoms with Crippen LogP contribution in [0.2, 0.25) is 0 Å². The van der Waals surface area contributed by atoms with E-state index in [9.17, 15) is 0 Å². The Labute approximate surface area is 80.3 Å². The third kappa shape index (κ3) is 2.88. The fraction of sp³-hybridized carbons (Fsp3) is 0.636. The predicted molar refractivity (Wildman–Crippen MR) is 54.6 cm³/mol. The molecule has 0 saturated heterocycles. The number of nitrogens with one attached hydrogen (secondary N) is 1. The zero-order valence-corrected chi connectivity index (χ0v) is 8.71. The van der Waals surface area contributed by atoms with E-state index in [1.165, 1.54) is 12.8 Å². The first-order valence-corrected chi connectivity index (χ1v) is 5.07. The minimum atomic E-state index is 0.319. The van der Waals surface area contributed by atoms with Crippen molar-refractivity contribution in [1.29, 1.82) is 0 Å². The van der Waals surface area contributed by atoms with E-state index in [-0.39, 0.29) is 0 Å². The van der Waals surface area contributed by atoms with E-state index in [1.807, 2.05) is 12.1 Å². The molecule has 0 aliphatic heterocycles. The molecule has 1 aromatic heterocycles. The van der Waals surface area contributed by atoms with Gasteiger partial charge in [0.2, 0.25) is 0 Å². The van der Waals surface area contributed by atoms with Crippen LogP contribution in [0.3, 0.4) is 0 Å². The SMILES string of the molecule is CCC(CC)NC(C)c1ccco1. The topological polar surface area (TPSA) is 25.2 Å². The lowest BCUT2D eigenvalue weighted by Crippen LogP contribution is -2.30. The van der Waals surface area contributed by atoms with Crippen molar-refractivity contribution in [2.24, 2.45) is 0 Å². The van der Waals surface area contributed by atoms with Crippen molar-refractivity contribution in [3.63, 3.8) is 0 Å². The van der Waals surface area contributed by atoms with Crippen molar-refractivity contribution in [3.05, 3.63) is 24.2 Å². The average Bonchev–Trinajstić information content (AvgIpc) is 2.66. The Morgan fingerprint density at radius 1 is 1.38 bits per heavy atom. The third-order valence-electron chi connectivity index (χ3n) is 2.44. The molecule has 74 valence electrons. The third-order valence-corrected chi connectivity index (χ3v) is 2.44. The average molecular weight is 181 g/mol. The van der Waals surface area contributed by atoms with Crippen LogP contribution in [-0.4, -0.2) is 6.04 Å². The lowest BCUT2D eigenvalue weighted by Gasteiger charge is -2.19. The molecule has 0 aliphatic rings. The van der Waals surface area contributed by atoms with Gasteiger partial charge in [0.1, 0.15) is 5.76 Å². The van der Waals surface area contributed by atoms with Crippen molar-refractivity contribution in [1.82, 2.24) is 5.32 Å². The van der Waals surface area contributed by atoms with Gasteiger partial charge in [-0.15, -0.1) is 0 Å². The quantitative estimate of drug-likeness (QED) is 0.755. The Hall–Kier alpha value is -0.760. The highest BCUT2D eigenvalue weighted by molar-refractivity contribution is 5.03. The summed E-state index contributed by atoms with van der Waals surface area (Å²) in [5.41, 5.74) is 0. The lowest BCUT2D eigenvalue weighted by atomic mass is 10.1. The highest BCUT2D eigenvalue weighted by Gasteiger charge is 2.11. The zero-order chi connectivity index (χ0) is 9.68. The molecule has 1 rings (SSSR count). The molecule has 0 spiro atoms. The zero-order valence-electron chi connectivity index (χ0n) is 8.71. The molecule has 13 heavy (non-hydrogen) atoms. The molecule has 1 unspecified atom stereocenters. The molecule has 0 fully saturated rings. The summed E-state index contributed by atoms with van der Waals surface area (Å²) in [7, 11) is 0. The smallest absolute Gasteiger partial charge is 0.120 e. The largest absolute Gasteiger partial charge is 0.468 e. The summed E-state index contributed by atoms with van der Waals surface area (Å²) in [6.07, 6.45) is 4.06. The van der Waals surface area contributed by atoms with Crippen LogP contribution < -0.4 is 5.32 Å². The molecule has 0 amide bonds. The second-order valence-electron chi connectivity index (χ2n) is 3.42. The van der Waals surface area contributed by atoms with E-state index in [1.54, 1.807) is 6.26 Å². The summed E-state index contributed by atoms with van der Waals surface area (Å²) >= 11 is 0. The van der Waals surface area contributed by atoms with Gasteiger partial charge < -0.3 is 9.73 Å². The Kier molecular flexibility index (Phi) is 4.03. The Bertz CT molecular complexity index is 214. The molecule has 0 saturated carbocycles. The van der Waals surface area contributed by atoms with Crippen LogP contribution >= 0.6 is 0 Å². The molecule has 0 aliphatic carbocycles. The van der Waals surface area contributed by atoms with E-state index in [0.717, 1.165) is 5.76 Å². The number of furan rings is 1. The minimum absolute atomic E-state index is 0.319. The minimum Gasteiger partial charge on any atom is -0.468 e. The van der Waals surface area contributed by atoms with Gasteiger partial charge in [-0.05, 0) is 31.9 Å². The van der Waals surface area contributed by atoms with Gasteiger partial charge in [0.15, 0.2) is 0 Å². The van der Waals surface area contributed by atoms with Gasteiger partial charge in [-0.1, -0.05) is 13.8 Å². The van der Waals surface area contributed by atoms with Crippen LogP contribution in [0.4, 0.5) is 0 Å². The molecule has 2 heteroatoms. The Balaban J connectivity index is 2.45. The molecule has 0 aromatic carbocycles. The fourth-order valence-electron chi connectivity index (χ4n) is 1.50. The maximum Gasteiger partial charge on any atom is 0.120 e. The molecule has 0 bridgehead atoms. The number of hydrogen-bond acceptors (Lipinski definition) is 2. The fourth-order valence-corrected chi connectivity index (χ4v) is 1.50. The van der Waals surface area contributed by atoms with Crippen LogP contribution in [-0.2, 0) is 0 Å². The van der Waals surface area contributed by atoms with E-state index in [0.29, 0.717) is 12.1 Å². The van der Waals surface area contributed by atoms with E-state index >= 15 is 0 Å². The molecular weight excluding hydrogens is 162 g/mol. The maximum absolute atomic E-state index is 5.32. The van der Waals surface area contributed by atoms with E-state index in [2.05, 4.69) is 26.1 Å². The molecular formula is C11H19NO. The molecule has 1 aromatic rings. The highest BCUT2D eigenvalue weighted by atomic mass is 16.3. The normalized spacial score (nSPS) is 13.5. The summed E-state index contributed by atoms with van der Waals surface area (Å²) in [6, 6.07) is 4.86. The van der Waals surface area contributed by atoms with E-state index < -0.39 is 0 Å². The van der Waals surface area contributed by atoms with E-state index in [4.69, 9.17) is 4.42 Å². The van der Waals surface area contributed by atoms with Gasteiger partial charge in [-0.25, -0.2) is 0 Å². The predicted octanol–water partition coefficient (Wildman–Crippen LogP) is 3.12. The van der Waals surface area contributed by atoms with Crippen molar-refractivity contribution < 1.29 is 4.42 Å². The maximum atomic E-state index is 5.32. The van der Waals surface area contributed by atoms with Crippen LogP contribution in [0.25, 0.3) is 0 Å². The van der Waals surface area contributed by atoms with Crippen molar-refractivity contribution in [3.8, 4) is 0 Å². The van der Waals surface area contributed by atoms with Crippen LogP contribution in [0.15, 0.2) is 22.8 Å². The van der Waals surface area contributed by atoms with Gasteiger partial charge in [0.05, 0.1) is 12.3 Å². The number of rotatable bonds is 5. The van der Waals surface area contributed by atoms with Gasteiger partial charge in [-0.2, -0.15) is 0 Å². The second kappa shape index (κ2) is 5.07. The van der Waals surface area contributed by atoms with Gasteiger partial charge in [0.25, 0.3) is 0 Å². The van der Waals surface area contributed by atoms with Crippen molar-refractivity contribution in [2.75, 3.05) is 0 Å². The summed E-state index contributed by atoms with van der Waals surface area (Å²) in [4.78, 5) is 0. The first-order valence-electron chi connectivity index (χ1n) is 5.07. The molecule has 2 nitrogen and oxygen atoms in total. The van der Waals surface area contributed by atoms with Crippen LogP contribution in [0, 0.1) is 0 Å². The summed E-state index contributed by atoms with van der Waals surface area (Å²) in [5.74, 6) is 1.02. The first-order chi connectivity index (χ1) is 6.27. The molecule has 1 N–H and O–H groups in total. The van der Waals surface area contributed by atoms with Gasteiger partial charge in [0, 0.05) is 6.04 Å². The number of hydrogen-bond donors (Lipinski definition) is 1. The second-order valence-corrected chi connectivity index (χ2v) is 3.42. The first kappa shape index (κ1) is 10.3. The standard InChI is InChI=1S/C11H19NO/c1-4-10(5-2)12-9(3)11-7-6-8-13-11/h6-10,12H,4-5H2,1-3H3. The molecule has 1 atom stereocenters. The molecule has 0 radical (unpaired) electrons. The van der Waals surface area contributed by atoms with Crippen LogP contribution in [0.1, 0.15) is 45.4 Å². The summed E-state index contributed by atoms with van der Waals surface area (Å²) in [6.45, 7) is 6.54. The molecule has 1 heterocycles. The lowest BCUT2D eigenvalue weighted by molar-refractivity contribution is 0.376.